The molecule has 0 fully saturated rings. The number of carbonyl (C=O) groups is 1. The van der Waals surface area contributed by atoms with Crippen LogP contribution in [0.3, 0.4) is 0 Å². The van der Waals surface area contributed by atoms with Crippen molar-refractivity contribution in [2.24, 2.45) is 7.05 Å². The number of hydrogen-bond acceptors (Lipinski definition) is 3. The molecule has 0 aliphatic heterocycles. The summed E-state index contributed by atoms with van der Waals surface area (Å²) in [5.41, 5.74) is 3.22. The molecule has 6 nitrogen and oxygen atoms in total. The molecule has 6 heteroatoms. The number of nitrogens with zero attached hydrogens (tertiary/aromatic N) is 3. The third-order valence-corrected chi connectivity index (χ3v) is 4.55. The van der Waals surface area contributed by atoms with E-state index in [2.05, 4.69) is 5.32 Å². The molecule has 2 aromatic carbocycles. The Morgan fingerprint density at radius 2 is 1.70 bits per heavy atom. The van der Waals surface area contributed by atoms with E-state index in [9.17, 15) is 10.0 Å². The van der Waals surface area contributed by atoms with Crippen LogP contribution in [0, 0.1) is 5.21 Å². The van der Waals surface area contributed by atoms with Gasteiger partial charge in [-0.05, 0) is 17.7 Å². The Kier molecular flexibility index (Phi) is 4.30. The van der Waals surface area contributed by atoms with Crippen molar-refractivity contribution in [1.29, 1.82) is 0 Å². The van der Waals surface area contributed by atoms with Crippen LogP contribution in [0.15, 0.2) is 79.1 Å². The fourth-order valence-corrected chi connectivity index (χ4v) is 3.14. The van der Waals surface area contributed by atoms with Crippen molar-refractivity contribution in [1.82, 2.24) is 14.9 Å². The van der Waals surface area contributed by atoms with Gasteiger partial charge in [0.1, 0.15) is 11.9 Å². The van der Waals surface area contributed by atoms with Gasteiger partial charge in [-0.2, -0.15) is 4.73 Å². The summed E-state index contributed by atoms with van der Waals surface area (Å²) in [5, 5.41) is 14.3. The van der Waals surface area contributed by atoms with E-state index in [0.717, 1.165) is 22.4 Å². The minimum Gasteiger partial charge on any atom is -0.619 e. The lowest BCUT2D eigenvalue weighted by Crippen LogP contribution is -2.32. The van der Waals surface area contributed by atoms with E-state index in [0.29, 0.717) is 10.3 Å². The van der Waals surface area contributed by atoms with Crippen molar-refractivity contribution in [3.63, 3.8) is 0 Å². The molecule has 0 bridgehead atoms. The molecule has 4 rings (SSSR count). The first-order chi connectivity index (χ1) is 13.1. The lowest BCUT2D eigenvalue weighted by atomic mass is 10.1. The smallest absolute Gasteiger partial charge is 0.252 e. The highest BCUT2D eigenvalue weighted by atomic mass is 16.5. The number of pyridine rings is 1. The van der Waals surface area contributed by atoms with E-state index < -0.39 is 6.04 Å². The second-order valence-electron chi connectivity index (χ2n) is 6.28. The molecule has 27 heavy (non-hydrogen) atoms. The van der Waals surface area contributed by atoms with Gasteiger partial charge in [-0.15, -0.1) is 0 Å². The second kappa shape index (κ2) is 6.92. The first kappa shape index (κ1) is 16.8. The Balaban J connectivity index is 1.76. The van der Waals surface area contributed by atoms with Gasteiger partial charge in [-0.25, -0.2) is 4.98 Å². The number of para-hydroxylation sites is 2. The number of imidazole rings is 1. The number of rotatable bonds is 4. The van der Waals surface area contributed by atoms with Gasteiger partial charge in [-0.3, -0.25) is 4.79 Å². The molecule has 0 aliphatic rings. The third-order valence-electron chi connectivity index (χ3n) is 4.55. The van der Waals surface area contributed by atoms with Gasteiger partial charge in [-0.1, -0.05) is 42.5 Å². The first-order valence-electron chi connectivity index (χ1n) is 8.59. The van der Waals surface area contributed by atoms with Crippen LogP contribution in [0.1, 0.15) is 27.8 Å². The molecule has 2 aromatic heterocycles. The predicted molar refractivity (Wildman–Crippen MR) is 102 cm³/mol. The quantitative estimate of drug-likeness (QED) is 0.450. The Labute approximate surface area is 156 Å². The normalized spacial score (nSPS) is 12.0. The largest absolute Gasteiger partial charge is 0.619 e. The summed E-state index contributed by atoms with van der Waals surface area (Å²) >= 11 is 0. The SMILES string of the molecule is Cn1c([C@@H](NC(=O)c2cc[n+]([O-])cc2)c2ccccc2)nc2ccccc21. The van der Waals surface area contributed by atoms with Crippen LogP contribution in [0.2, 0.25) is 0 Å². The molecule has 4 aromatic rings. The summed E-state index contributed by atoms with van der Waals surface area (Å²) in [6, 6.07) is 20.1. The van der Waals surface area contributed by atoms with Gasteiger partial charge in [0.15, 0.2) is 12.4 Å². The number of carbonyl (C=O) groups excluding carboxylic acids is 1. The molecule has 1 atom stereocenters. The number of amides is 1. The van der Waals surface area contributed by atoms with Crippen molar-refractivity contribution in [3.05, 3.63) is 101 Å². The van der Waals surface area contributed by atoms with E-state index in [4.69, 9.17) is 4.98 Å². The summed E-state index contributed by atoms with van der Waals surface area (Å²) in [5.74, 6) is 0.474. The number of nitrogens with one attached hydrogen (secondary N) is 1. The number of hydrogen-bond donors (Lipinski definition) is 1. The van der Waals surface area contributed by atoms with Crippen LogP contribution < -0.4 is 10.0 Å². The van der Waals surface area contributed by atoms with E-state index >= 15 is 0 Å². The highest BCUT2D eigenvalue weighted by Crippen LogP contribution is 2.25. The van der Waals surface area contributed by atoms with E-state index in [-0.39, 0.29) is 5.91 Å². The summed E-state index contributed by atoms with van der Waals surface area (Å²) in [6.07, 6.45) is 2.61. The molecule has 0 spiro atoms. The Morgan fingerprint density at radius 1 is 1.04 bits per heavy atom. The first-order valence-corrected chi connectivity index (χ1v) is 8.59. The molecule has 0 radical (unpaired) electrons. The molecule has 0 saturated heterocycles. The number of fused-ring (bicyclic) bond motifs is 1. The zero-order valence-corrected chi connectivity index (χ0v) is 14.7. The highest BCUT2D eigenvalue weighted by molar-refractivity contribution is 5.94. The maximum absolute atomic E-state index is 12.8. The fourth-order valence-electron chi connectivity index (χ4n) is 3.14. The van der Waals surface area contributed by atoms with E-state index in [1.165, 1.54) is 24.5 Å². The van der Waals surface area contributed by atoms with Gasteiger partial charge in [0.25, 0.3) is 5.91 Å². The number of aryl methyl sites for hydroxylation is 1. The average Bonchev–Trinajstić information content (AvgIpc) is 3.04. The second-order valence-corrected chi connectivity index (χ2v) is 6.28. The van der Waals surface area contributed by atoms with Gasteiger partial charge < -0.3 is 15.1 Å². The Bertz CT molecular complexity index is 1090. The fraction of sp³-hybridized carbons (Fsp3) is 0.0952. The summed E-state index contributed by atoms with van der Waals surface area (Å²) in [4.78, 5) is 17.5. The standard InChI is InChI=1S/C21H18N4O2/c1-24-18-10-6-5-9-17(18)22-20(24)19(15-7-3-2-4-8-15)23-21(26)16-11-13-25(27)14-12-16/h2-14,19H,1H3,(H,23,26)/t19-/m0/s1. The lowest BCUT2D eigenvalue weighted by molar-refractivity contribution is -0.605. The topological polar surface area (TPSA) is 73.9 Å². The molecule has 0 aliphatic carbocycles. The lowest BCUT2D eigenvalue weighted by Gasteiger charge is -2.19. The zero-order valence-electron chi connectivity index (χ0n) is 14.7. The molecular formula is C21H18N4O2. The van der Waals surface area contributed by atoms with E-state index in [1.54, 1.807) is 0 Å². The van der Waals surface area contributed by atoms with Crippen LogP contribution >= 0.6 is 0 Å². The van der Waals surface area contributed by atoms with E-state index in [1.807, 2.05) is 66.2 Å². The minimum atomic E-state index is -0.421. The molecule has 2 heterocycles. The van der Waals surface area contributed by atoms with Crippen molar-refractivity contribution in [2.45, 2.75) is 6.04 Å². The summed E-state index contributed by atoms with van der Waals surface area (Å²) in [7, 11) is 1.94. The minimum absolute atomic E-state index is 0.267. The van der Waals surface area contributed by atoms with Crippen LogP contribution in [0.4, 0.5) is 0 Å². The van der Waals surface area contributed by atoms with Crippen LogP contribution in [-0.2, 0) is 7.05 Å². The van der Waals surface area contributed by atoms with Crippen LogP contribution in [0.5, 0.6) is 0 Å². The summed E-state index contributed by atoms with van der Waals surface area (Å²) < 4.78 is 2.64. The maximum atomic E-state index is 12.8. The average molecular weight is 358 g/mol. The van der Waals surface area contributed by atoms with Crippen molar-refractivity contribution in [3.8, 4) is 0 Å². The maximum Gasteiger partial charge on any atom is 0.252 e. The monoisotopic (exact) mass is 358 g/mol. The Morgan fingerprint density at radius 3 is 2.41 bits per heavy atom. The van der Waals surface area contributed by atoms with Crippen molar-refractivity contribution >= 4 is 16.9 Å². The molecule has 1 N–H and O–H groups in total. The Hall–Kier alpha value is -3.67. The molecule has 0 saturated carbocycles. The molecule has 134 valence electrons. The predicted octanol–water partition coefficient (Wildman–Crippen LogP) is 2.73. The third kappa shape index (κ3) is 3.25. The van der Waals surface area contributed by atoms with Gasteiger partial charge in [0.2, 0.25) is 0 Å². The molecule has 0 unspecified atom stereocenters. The van der Waals surface area contributed by atoms with Crippen molar-refractivity contribution in [2.75, 3.05) is 0 Å². The molecular weight excluding hydrogens is 340 g/mol. The number of benzene rings is 2. The van der Waals surface area contributed by atoms with Gasteiger partial charge >= 0.3 is 0 Å². The van der Waals surface area contributed by atoms with Gasteiger partial charge in [0.05, 0.1) is 16.6 Å². The number of aromatic nitrogens is 3. The summed E-state index contributed by atoms with van der Waals surface area (Å²) in [6.45, 7) is 0. The zero-order chi connectivity index (χ0) is 18.8. The van der Waals surface area contributed by atoms with Crippen molar-refractivity contribution < 1.29 is 9.52 Å². The van der Waals surface area contributed by atoms with Crippen LogP contribution in [-0.4, -0.2) is 15.5 Å². The van der Waals surface area contributed by atoms with Gasteiger partial charge in [0, 0.05) is 19.2 Å². The van der Waals surface area contributed by atoms with Crippen LogP contribution in [0.25, 0.3) is 11.0 Å². The highest BCUT2D eigenvalue weighted by Gasteiger charge is 2.23. The molecule has 1 amide bonds.